The van der Waals surface area contributed by atoms with E-state index in [1.165, 1.54) is 12.8 Å². The zero-order valence-corrected chi connectivity index (χ0v) is 9.35. The summed E-state index contributed by atoms with van der Waals surface area (Å²) in [4.78, 5) is 0. The van der Waals surface area contributed by atoms with Crippen molar-refractivity contribution in [1.82, 2.24) is 5.32 Å². The second kappa shape index (κ2) is 6.47. The van der Waals surface area contributed by atoms with Crippen LogP contribution in [0.3, 0.4) is 0 Å². The van der Waals surface area contributed by atoms with E-state index < -0.39 is 0 Å². The quantitative estimate of drug-likeness (QED) is 0.647. The molecule has 12 heavy (non-hydrogen) atoms. The van der Waals surface area contributed by atoms with Crippen LogP contribution in [0, 0.1) is 11.8 Å². The van der Waals surface area contributed by atoms with Crippen molar-refractivity contribution in [3.05, 3.63) is 0 Å². The third-order valence-corrected chi connectivity index (χ3v) is 2.61. The van der Waals surface area contributed by atoms with Gasteiger partial charge in [0.15, 0.2) is 0 Å². The zero-order chi connectivity index (χ0) is 9.56. The molecular weight excluding hydrogens is 146 g/mol. The van der Waals surface area contributed by atoms with Crippen LogP contribution in [0.25, 0.3) is 0 Å². The molecule has 0 saturated carbocycles. The van der Waals surface area contributed by atoms with Gasteiger partial charge in [-0.1, -0.05) is 27.7 Å². The molecule has 0 heterocycles. The van der Waals surface area contributed by atoms with Crippen molar-refractivity contribution < 1.29 is 0 Å². The standard InChI is InChI=1S/C11H25N/c1-6-7-12-11(5)8-10(4)9(2)3/h9-12H,6-8H2,1-5H3. The smallest absolute Gasteiger partial charge is 0.00413 e. The maximum atomic E-state index is 3.52. The molecule has 2 atom stereocenters. The molecule has 0 aromatic carbocycles. The lowest BCUT2D eigenvalue weighted by atomic mass is 9.92. The summed E-state index contributed by atoms with van der Waals surface area (Å²) in [7, 11) is 0. The van der Waals surface area contributed by atoms with Crippen molar-refractivity contribution in [2.24, 2.45) is 11.8 Å². The Labute approximate surface area is 77.9 Å². The molecular formula is C11H25N. The fourth-order valence-electron chi connectivity index (χ4n) is 1.30. The fourth-order valence-corrected chi connectivity index (χ4v) is 1.30. The third kappa shape index (κ3) is 5.59. The van der Waals surface area contributed by atoms with Crippen molar-refractivity contribution in [2.45, 2.75) is 53.5 Å². The highest BCUT2D eigenvalue weighted by molar-refractivity contribution is 4.66. The van der Waals surface area contributed by atoms with Gasteiger partial charge in [-0.2, -0.15) is 0 Å². The SMILES string of the molecule is CCCNC(C)CC(C)C(C)C. The molecule has 74 valence electrons. The van der Waals surface area contributed by atoms with E-state index in [1.807, 2.05) is 0 Å². The molecule has 0 amide bonds. The Bertz CT molecular complexity index is 99.2. The zero-order valence-electron chi connectivity index (χ0n) is 9.35. The Morgan fingerprint density at radius 2 is 1.67 bits per heavy atom. The molecule has 0 aromatic rings. The van der Waals surface area contributed by atoms with Gasteiger partial charge in [-0.05, 0) is 38.1 Å². The summed E-state index contributed by atoms with van der Waals surface area (Å²) in [5, 5.41) is 3.52. The largest absolute Gasteiger partial charge is 0.314 e. The van der Waals surface area contributed by atoms with Crippen LogP contribution in [0.1, 0.15) is 47.5 Å². The van der Waals surface area contributed by atoms with Crippen molar-refractivity contribution in [3.63, 3.8) is 0 Å². The minimum atomic E-state index is 0.683. The molecule has 0 spiro atoms. The van der Waals surface area contributed by atoms with Gasteiger partial charge in [-0.25, -0.2) is 0 Å². The first-order valence-corrected chi connectivity index (χ1v) is 5.31. The highest BCUT2D eigenvalue weighted by Crippen LogP contribution is 2.15. The normalized spacial score (nSPS) is 16.5. The van der Waals surface area contributed by atoms with Crippen LogP contribution in [0.5, 0.6) is 0 Å². The Morgan fingerprint density at radius 1 is 1.08 bits per heavy atom. The molecule has 1 N–H and O–H groups in total. The monoisotopic (exact) mass is 171 g/mol. The summed E-state index contributed by atoms with van der Waals surface area (Å²) in [5.74, 6) is 1.65. The van der Waals surface area contributed by atoms with Crippen LogP contribution in [0.4, 0.5) is 0 Å². The van der Waals surface area contributed by atoms with Gasteiger partial charge in [0.2, 0.25) is 0 Å². The second-order valence-electron chi connectivity index (χ2n) is 4.31. The van der Waals surface area contributed by atoms with Gasteiger partial charge in [0.05, 0.1) is 0 Å². The summed E-state index contributed by atoms with van der Waals surface area (Å²) >= 11 is 0. The molecule has 0 saturated heterocycles. The van der Waals surface area contributed by atoms with Crippen molar-refractivity contribution in [1.29, 1.82) is 0 Å². The molecule has 1 heteroatoms. The number of rotatable bonds is 6. The highest BCUT2D eigenvalue weighted by Gasteiger charge is 2.10. The first kappa shape index (κ1) is 12.0. The average Bonchev–Trinajstić information content (AvgIpc) is 2.00. The summed E-state index contributed by atoms with van der Waals surface area (Å²) in [5.41, 5.74) is 0. The number of nitrogens with one attached hydrogen (secondary N) is 1. The van der Waals surface area contributed by atoms with Crippen LogP contribution < -0.4 is 5.32 Å². The lowest BCUT2D eigenvalue weighted by Crippen LogP contribution is -2.29. The molecule has 0 aliphatic rings. The second-order valence-corrected chi connectivity index (χ2v) is 4.31. The van der Waals surface area contributed by atoms with Gasteiger partial charge in [0.25, 0.3) is 0 Å². The van der Waals surface area contributed by atoms with Gasteiger partial charge >= 0.3 is 0 Å². The van der Waals surface area contributed by atoms with Gasteiger partial charge in [-0.3, -0.25) is 0 Å². The summed E-state index contributed by atoms with van der Waals surface area (Å²) in [6.07, 6.45) is 2.54. The topological polar surface area (TPSA) is 12.0 Å². The number of hydrogen-bond acceptors (Lipinski definition) is 1. The van der Waals surface area contributed by atoms with Crippen LogP contribution in [0.15, 0.2) is 0 Å². The molecule has 0 rings (SSSR count). The van der Waals surface area contributed by atoms with Gasteiger partial charge in [0, 0.05) is 6.04 Å². The highest BCUT2D eigenvalue weighted by atomic mass is 14.9. The Hall–Kier alpha value is -0.0400. The third-order valence-electron chi connectivity index (χ3n) is 2.61. The van der Waals surface area contributed by atoms with Gasteiger partial charge in [0.1, 0.15) is 0 Å². The van der Waals surface area contributed by atoms with E-state index in [-0.39, 0.29) is 0 Å². The summed E-state index contributed by atoms with van der Waals surface area (Å²) in [6, 6.07) is 0.683. The Morgan fingerprint density at radius 3 is 2.08 bits per heavy atom. The first-order valence-electron chi connectivity index (χ1n) is 5.31. The van der Waals surface area contributed by atoms with Crippen LogP contribution in [-0.4, -0.2) is 12.6 Å². The van der Waals surface area contributed by atoms with Crippen LogP contribution >= 0.6 is 0 Å². The van der Waals surface area contributed by atoms with E-state index >= 15 is 0 Å². The van der Waals surface area contributed by atoms with Crippen molar-refractivity contribution in [3.8, 4) is 0 Å². The van der Waals surface area contributed by atoms with E-state index in [2.05, 4.69) is 39.9 Å². The van der Waals surface area contributed by atoms with E-state index in [1.54, 1.807) is 0 Å². The van der Waals surface area contributed by atoms with Crippen molar-refractivity contribution in [2.75, 3.05) is 6.54 Å². The maximum absolute atomic E-state index is 3.52. The van der Waals surface area contributed by atoms with Gasteiger partial charge < -0.3 is 5.32 Å². The van der Waals surface area contributed by atoms with E-state index in [4.69, 9.17) is 0 Å². The van der Waals surface area contributed by atoms with E-state index in [0.29, 0.717) is 6.04 Å². The molecule has 0 bridgehead atoms. The van der Waals surface area contributed by atoms with E-state index in [0.717, 1.165) is 18.4 Å². The minimum absolute atomic E-state index is 0.683. The summed E-state index contributed by atoms with van der Waals surface area (Å²) in [6.45, 7) is 12.6. The number of hydrogen-bond donors (Lipinski definition) is 1. The predicted octanol–water partition coefficient (Wildman–Crippen LogP) is 3.06. The van der Waals surface area contributed by atoms with Crippen LogP contribution in [-0.2, 0) is 0 Å². The molecule has 0 fully saturated rings. The lowest BCUT2D eigenvalue weighted by molar-refractivity contribution is 0.342. The summed E-state index contributed by atoms with van der Waals surface area (Å²) < 4.78 is 0. The Kier molecular flexibility index (Phi) is 6.45. The first-order chi connectivity index (χ1) is 5.57. The molecule has 1 nitrogen and oxygen atoms in total. The average molecular weight is 171 g/mol. The predicted molar refractivity (Wildman–Crippen MR) is 56.4 cm³/mol. The lowest BCUT2D eigenvalue weighted by Gasteiger charge is -2.21. The van der Waals surface area contributed by atoms with E-state index in [9.17, 15) is 0 Å². The molecule has 0 radical (unpaired) electrons. The van der Waals surface area contributed by atoms with Gasteiger partial charge in [-0.15, -0.1) is 0 Å². The molecule has 0 aliphatic heterocycles. The fraction of sp³-hybridized carbons (Fsp3) is 1.00. The molecule has 2 unspecified atom stereocenters. The minimum Gasteiger partial charge on any atom is -0.314 e. The molecule has 0 aliphatic carbocycles. The maximum Gasteiger partial charge on any atom is 0.00413 e. The van der Waals surface area contributed by atoms with Crippen LogP contribution in [0.2, 0.25) is 0 Å². The van der Waals surface area contributed by atoms with Crippen molar-refractivity contribution >= 4 is 0 Å². The Balaban J connectivity index is 3.47. The molecule has 0 aromatic heterocycles.